The number of carbonyl (C=O) groups excluding carboxylic acids is 1. The molecule has 0 fully saturated rings. The van der Waals surface area contributed by atoms with Gasteiger partial charge in [0.15, 0.2) is 10.9 Å². The van der Waals surface area contributed by atoms with E-state index in [0.29, 0.717) is 22.1 Å². The SMILES string of the molecule is O=C1C[C@H](c2coc3ccccc3c2=O)c2c(cc(O)c3c(=O)cc(-c4ccccc4)oc23)O1. The van der Waals surface area contributed by atoms with E-state index in [0.717, 1.165) is 0 Å². The molecule has 0 amide bonds. The van der Waals surface area contributed by atoms with Gasteiger partial charge in [0, 0.05) is 34.7 Å². The van der Waals surface area contributed by atoms with Crippen LogP contribution in [0, 0.1) is 0 Å². The third-order valence-corrected chi connectivity index (χ3v) is 6.07. The number of aromatic hydroxyl groups is 1. The van der Waals surface area contributed by atoms with Crippen LogP contribution >= 0.6 is 0 Å². The van der Waals surface area contributed by atoms with E-state index in [9.17, 15) is 19.5 Å². The highest BCUT2D eigenvalue weighted by Crippen LogP contribution is 2.45. The normalized spacial score (nSPS) is 15.3. The number of fused-ring (bicyclic) bond motifs is 4. The minimum atomic E-state index is -0.797. The third-order valence-electron chi connectivity index (χ3n) is 6.07. The Morgan fingerprint density at radius 2 is 1.68 bits per heavy atom. The van der Waals surface area contributed by atoms with Crippen LogP contribution in [-0.2, 0) is 4.79 Å². The molecular weight excluding hydrogens is 436 g/mol. The monoisotopic (exact) mass is 452 g/mol. The molecule has 0 bridgehead atoms. The predicted molar refractivity (Wildman–Crippen MR) is 124 cm³/mol. The summed E-state index contributed by atoms with van der Waals surface area (Å²) in [4.78, 5) is 38.8. The number of hydrogen-bond donors (Lipinski definition) is 1. The van der Waals surface area contributed by atoms with E-state index >= 15 is 0 Å². The molecular formula is C27H16O7. The van der Waals surface area contributed by atoms with Gasteiger partial charge in [0.2, 0.25) is 0 Å². The molecule has 1 aliphatic rings. The fourth-order valence-corrected chi connectivity index (χ4v) is 4.50. The van der Waals surface area contributed by atoms with E-state index in [-0.39, 0.29) is 45.6 Å². The molecule has 3 heterocycles. The van der Waals surface area contributed by atoms with E-state index in [2.05, 4.69) is 0 Å². The van der Waals surface area contributed by atoms with Crippen molar-refractivity contribution in [3.63, 3.8) is 0 Å². The van der Waals surface area contributed by atoms with Gasteiger partial charge in [0.05, 0.1) is 18.1 Å². The van der Waals surface area contributed by atoms with Gasteiger partial charge >= 0.3 is 5.97 Å². The minimum absolute atomic E-state index is 0.0344. The van der Waals surface area contributed by atoms with E-state index in [1.807, 2.05) is 18.2 Å². The Kier molecular flexibility index (Phi) is 4.38. The zero-order valence-electron chi connectivity index (χ0n) is 17.6. The summed E-state index contributed by atoms with van der Waals surface area (Å²) in [5.41, 5.74) is 0.959. The summed E-state index contributed by atoms with van der Waals surface area (Å²) in [6.45, 7) is 0. The van der Waals surface area contributed by atoms with Gasteiger partial charge in [-0.25, -0.2) is 0 Å². The quantitative estimate of drug-likeness (QED) is 0.305. The van der Waals surface area contributed by atoms with Gasteiger partial charge < -0.3 is 18.7 Å². The molecule has 1 atom stereocenters. The van der Waals surface area contributed by atoms with Crippen LogP contribution in [0.1, 0.15) is 23.5 Å². The Balaban J connectivity index is 1.68. The van der Waals surface area contributed by atoms with Gasteiger partial charge in [0.25, 0.3) is 0 Å². The van der Waals surface area contributed by atoms with Crippen molar-refractivity contribution < 1.29 is 23.5 Å². The topological polar surface area (TPSA) is 107 Å². The lowest BCUT2D eigenvalue weighted by Crippen LogP contribution is -2.25. The van der Waals surface area contributed by atoms with Crippen LogP contribution in [0.2, 0.25) is 0 Å². The molecule has 0 saturated heterocycles. The summed E-state index contributed by atoms with van der Waals surface area (Å²) < 4.78 is 17.2. The maximum atomic E-state index is 13.3. The van der Waals surface area contributed by atoms with Crippen molar-refractivity contribution in [2.24, 2.45) is 0 Å². The van der Waals surface area contributed by atoms with Crippen molar-refractivity contribution in [2.45, 2.75) is 12.3 Å². The van der Waals surface area contributed by atoms with E-state index in [1.54, 1.807) is 36.4 Å². The molecule has 1 N–H and O–H groups in total. The Morgan fingerprint density at radius 1 is 0.912 bits per heavy atom. The summed E-state index contributed by atoms with van der Waals surface area (Å²) in [5, 5.41) is 10.9. The van der Waals surface area contributed by atoms with Crippen molar-refractivity contribution in [1.29, 1.82) is 0 Å². The predicted octanol–water partition coefficient (Wildman–Crippen LogP) is 4.71. The molecule has 2 aromatic heterocycles. The van der Waals surface area contributed by atoms with Crippen molar-refractivity contribution in [1.82, 2.24) is 0 Å². The van der Waals surface area contributed by atoms with E-state index < -0.39 is 17.3 Å². The molecule has 0 spiro atoms. The Hall–Kier alpha value is -4.65. The summed E-state index contributed by atoms with van der Waals surface area (Å²) in [7, 11) is 0. The van der Waals surface area contributed by atoms with Gasteiger partial charge in [-0.1, -0.05) is 42.5 Å². The van der Waals surface area contributed by atoms with Crippen LogP contribution in [0.3, 0.4) is 0 Å². The van der Waals surface area contributed by atoms with Crippen LogP contribution in [-0.4, -0.2) is 11.1 Å². The lowest BCUT2D eigenvalue weighted by molar-refractivity contribution is -0.135. The zero-order chi connectivity index (χ0) is 23.4. The number of benzene rings is 3. The second-order valence-electron chi connectivity index (χ2n) is 8.10. The number of para-hydroxylation sites is 1. The number of rotatable bonds is 2. The zero-order valence-corrected chi connectivity index (χ0v) is 17.6. The van der Waals surface area contributed by atoms with Gasteiger partial charge in [-0.05, 0) is 12.1 Å². The molecule has 0 saturated carbocycles. The number of esters is 1. The first-order chi connectivity index (χ1) is 16.5. The molecule has 0 unspecified atom stereocenters. The van der Waals surface area contributed by atoms with Crippen LogP contribution in [0.15, 0.2) is 91.4 Å². The van der Waals surface area contributed by atoms with Gasteiger partial charge in [-0.3, -0.25) is 14.4 Å². The fraction of sp³-hybridized carbons (Fsp3) is 0.0741. The van der Waals surface area contributed by atoms with Gasteiger partial charge in [-0.15, -0.1) is 0 Å². The number of phenolic OH excluding ortho intramolecular Hbond substituents is 1. The summed E-state index contributed by atoms with van der Waals surface area (Å²) in [6, 6.07) is 18.4. The molecule has 5 aromatic rings. The van der Waals surface area contributed by atoms with Gasteiger partial charge in [-0.2, -0.15) is 0 Å². The standard InChI is InChI=1S/C27H16O7/c28-18-11-21(14-6-2-1-3-7-14)34-27-24-16(10-23(30)33-22(24)12-19(29)25(18)27)17-13-32-20-9-5-4-8-15(20)26(17)31/h1-9,11-13,16,29H,10H2/t16-/m1/s1. The van der Waals surface area contributed by atoms with Crippen molar-refractivity contribution in [2.75, 3.05) is 0 Å². The molecule has 7 heteroatoms. The van der Waals surface area contributed by atoms with E-state index in [4.69, 9.17) is 13.6 Å². The van der Waals surface area contributed by atoms with E-state index in [1.165, 1.54) is 18.4 Å². The van der Waals surface area contributed by atoms with Gasteiger partial charge in [0.1, 0.15) is 33.8 Å². The second-order valence-corrected chi connectivity index (χ2v) is 8.10. The van der Waals surface area contributed by atoms with Crippen LogP contribution < -0.4 is 15.6 Å². The number of phenols is 1. The third kappa shape index (κ3) is 3.02. The molecule has 1 aliphatic heterocycles. The number of carbonyl (C=O) groups is 1. The van der Waals surface area contributed by atoms with Crippen molar-refractivity contribution in [3.05, 3.63) is 105 Å². The fourth-order valence-electron chi connectivity index (χ4n) is 4.50. The first-order valence-electron chi connectivity index (χ1n) is 10.6. The molecule has 6 rings (SSSR count). The maximum Gasteiger partial charge on any atom is 0.312 e. The molecule has 0 radical (unpaired) electrons. The summed E-state index contributed by atoms with van der Waals surface area (Å²) in [5.74, 6) is -1.43. The summed E-state index contributed by atoms with van der Waals surface area (Å²) in [6.07, 6.45) is 1.17. The maximum absolute atomic E-state index is 13.3. The molecule has 0 aliphatic carbocycles. The smallest absolute Gasteiger partial charge is 0.312 e. The average molecular weight is 452 g/mol. The van der Waals surface area contributed by atoms with Crippen molar-refractivity contribution >= 4 is 27.9 Å². The Bertz CT molecular complexity index is 1730. The highest BCUT2D eigenvalue weighted by Gasteiger charge is 2.35. The lowest BCUT2D eigenvalue weighted by Gasteiger charge is -2.25. The average Bonchev–Trinajstić information content (AvgIpc) is 2.84. The molecule has 166 valence electrons. The highest BCUT2D eigenvalue weighted by atomic mass is 16.5. The first kappa shape index (κ1) is 20.0. The first-order valence-corrected chi connectivity index (χ1v) is 10.6. The second kappa shape index (κ2) is 7.45. The van der Waals surface area contributed by atoms with Crippen LogP contribution in [0.5, 0.6) is 11.5 Å². The highest BCUT2D eigenvalue weighted by molar-refractivity contribution is 5.93. The molecule has 7 nitrogen and oxygen atoms in total. The molecule has 3 aromatic carbocycles. The number of ether oxygens (including phenoxy) is 1. The molecule has 34 heavy (non-hydrogen) atoms. The number of hydrogen-bond acceptors (Lipinski definition) is 7. The van der Waals surface area contributed by atoms with Crippen LogP contribution in [0.25, 0.3) is 33.3 Å². The van der Waals surface area contributed by atoms with Crippen LogP contribution in [0.4, 0.5) is 0 Å². The lowest BCUT2D eigenvalue weighted by atomic mass is 9.85. The summed E-state index contributed by atoms with van der Waals surface area (Å²) >= 11 is 0. The Labute approximate surface area is 191 Å². The largest absolute Gasteiger partial charge is 0.507 e. The van der Waals surface area contributed by atoms with Crippen molar-refractivity contribution in [3.8, 4) is 22.8 Å². The Morgan fingerprint density at radius 3 is 2.50 bits per heavy atom. The minimum Gasteiger partial charge on any atom is -0.507 e.